The molecule has 0 bridgehead atoms. The normalized spacial score (nSPS) is 15.9. The van der Waals surface area contributed by atoms with E-state index in [9.17, 15) is 18.6 Å². The number of amides is 3. The molecule has 9 nitrogen and oxygen atoms in total. The maximum Gasteiger partial charge on any atom is 0.239 e. The van der Waals surface area contributed by atoms with Crippen LogP contribution in [-0.2, 0) is 31.7 Å². The van der Waals surface area contributed by atoms with Gasteiger partial charge in [-0.2, -0.15) is 0 Å². The van der Waals surface area contributed by atoms with Crippen LogP contribution in [0.25, 0.3) is 0 Å². The van der Waals surface area contributed by atoms with Gasteiger partial charge in [-0.1, -0.05) is 25.3 Å². The first-order valence-electron chi connectivity index (χ1n) is 11.6. The highest BCUT2D eigenvalue weighted by atomic mass is 32.2. The molecular weight excluding hydrogens is 490 g/mol. The third-order valence-corrected chi connectivity index (χ3v) is 7.83. The lowest BCUT2D eigenvalue weighted by atomic mass is 9.95. The molecule has 11 heteroatoms. The summed E-state index contributed by atoms with van der Waals surface area (Å²) < 4.78 is 23.1. The SMILES string of the molecule is O=C(C[S@@](=O)CC(=O)N(CC(=O)NC1CCCCC1)Cc1cccs1)Nc1ccc2c(c1)OCO2. The van der Waals surface area contributed by atoms with Crippen LogP contribution in [0.5, 0.6) is 11.5 Å². The Kier molecular flexibility index (Phi) is 8.75. The van der Waals surface area contributed by atoms with Crippen molar-refractivity contribution in [2.75, 3.05) is 30.2 Å². The largest absolute Gasteiger partial charge is 0.454 e. The van der Waals surface area contributed by atoms with E-state index in [0.717, 1.165) is 30.6 Å². The second-order valence-corrected chi connectivity index (χ2v) is 11.1. The van der Waals surface area contributed by atoms with Crippen LogP contribution >= 0.6 is 11.3 Å². The van der Waals surface area contributed by atoms with Gasteiger partial charge in [-0.15, -0.1) is 11.3 Å². The van der Waals surface area contributed by atoms with Crippen LogP contribution in [0.2, 0.25) is 0 Å². The molecule has 0 spiro atoms. The minimum Gasteiger partial charge on any atom is -0.454 e. The van der Waals surface area contributed by atoms with Gasteiger partial charge in [0.15, 0.2) is 11.5 Å². The molecule has 0 radical (unpaired) electrons. The first-order valence-corrected chi connectivity index (χ1v) is 14.0. The highest BCUT2D eigenvalue weighted by Crippen LogP contribution is 2.34. The Balaban J connectivity index is 1.30. The fraction of sp³-hybridized carbons (Fsp3) is 0.458. The number of benzene rings is 1. The molecule has 0 unspecified atom stereocenters. The van der Waals surface area contributed by atoms with Crippen LogP contribution < -0.4 is 20.1 Å². The van der Waals surface area contributed by atoms with E-state index in [-0.39, 0.29) is 43.3 Å². The molecule has 1 fully saturated rings. The number of rotatable bonds is 10. The number of hydrogen-bond donors (Lipinski definition) is 2. The quantitative estimate of drug-likeness (QED) is 0.499. The van der Waals surface area contributed by atoms with Crippen molar-refractivity contribution < 1.29 is 28.1 Å². The van der Waals surface area contributed by atoms with Crippen LogP contribution in [0.15, 0.2) is 35.7 Å². The number of nitrogens with one attached hydrogen (secondary N) is 2. The summed E-state index contributed by atoms with van der Waals surface area (Å²) in [5.74, 6) is -0.669. The van der Waals surface area contributed by atoms with Gasteiger partial charge in [-0.3, -0.25) is 18.6 Å². The second kappa shape index (κ2) is 12.2. The first kappa shape index (κ1) is 25.2. The van der Waals surface area contributed by atoms with Crippen molar-refractivity contribution in [1.29, 1.82) is 0 Å². The third kappa shape index (κ3) is 7.53. The van der Waals surface area contributed by atoms with Gasteiger partial charge >= 0.3 is 0 Å². The molecule has 2 aliphatic rings. The van der Waals surface area contributed by atoms with E-state index in [1.54, 1.807) is 18.2 Å². The lowest BCUT2D eigenvalue weighted by Crippen LogP contribution is -2.45. The maximum absolute atomic E-state index is 13.0. The predicted octanol–water partition coefficient (Wildman–Crippen LogP) is 2.64. The van der Waals surface area contributed by atoms with Crippen molar-refractivity contribution in [3.8, 4) is 11.5 Å². The van der Waals surface area contributed by atoms with Crippen molar-refractivity contribution in [3.05, 3.63) is 40.6 Å². The summed E-state index contributed by atoms with van der Waals surface area (Å²) in [6, 6.07) is 8.88. The third-order valence-electron chi connectivity index (χ3n) is 5.82. The number of thiophene rings is 1. The Bertz CT molecular complexity index is 1070. The Hall–Kier alpha value is -2.92. The second-order valence-electron chi connectivity index (χ2n) is 8.58. The topological polar surface area (TPSA) is 114 Å². The minimum absolute atomic E-state index is 0.103. The fourth-order valence-corrected chi connectivity index (χ4v) is 5.76. The van der Waals surface area contributed by atoms with Crippen molar-refractivity contribution >= 4 is 45.5 Å². The van der Waals surface area contributed by atoms with Gasteiger partial charge < -0.3 is 25.0 Å². The average Bonchev–Trinajstić information content (AvgIpc) is 3.50. The molecule has 2 aromatic rings. The van der Waals surface area contributed by atoms with E-state index in [1.165, 1.54) is 22.7 Å². The maximum atomic E-state index is 13.0. The summed E-state index contributed by atoms with van der Waals surface area (Å²) in [4.78, 5) is 40.3. The molecule has 1 aromatic carbocycles. The number of ether oxygens (including phenoxy) is 2. The van der Waals surface area contributed by atoms with Crippen LogP contribution in [-0.4, -0.2) is 57.7 Å². The molecule has 1 aliphatic carbocycles. The Morgan fingerprint density at radius 1 is 1.03 bits per heavy atom. The molecule has 4 rings (SSSR count). The van der Waals surface area contributed by atoms with Gasteiger partial charge in [0.2, 0.25) is 24.5 Å². The monoisotopic (exact) mass is 519 g/mol. The van der Waals surface area contributed by atoms with E-state index in [1.807, 2.05) is 17.5 Å². The van der Waals surface area contributed by atoms with E-state index < -0.39 is 22.6 Å². The van der Waals surface area contributed by atoms with Crippen molar-refractivity contribution in [3.63, 3.8) is 0 Å². The molecule has 2 N–H and O–H groups in total. The number of carbonyl (C=O) groups is 3. The number of carbonyl (C=O) groups excluding carboxylic acids is 3. The number of nitrogens with zero attached hydrogens (tertiary/aromatic N) is 1. The summed E-state index contributed by atoms with van der Waals surface area (Å²) in [5, 5.41) is 7.59. The van der Waals surface area contributed by atoms with Gasteiger partial charge in [-0.25, -0.2) is 0 Å². The molecule has 188 valence electrons. The minimum atomic E-state index is -1.73. The molecule has 2 heterocycles. The van der Waals surface area contributed by atoms with Gasteiger partial charge in [0.1, 0.15) is 11.5 Å². The lowest BCUT2D eigenvalue weighted by Gasteiger charge is -2.26. The summed E-state index contributed by atoms with van der Waals surface area (Å²) in [7, 11) is -1.73. The van der Waals surface area contributed by atoms with E-state index in [4.69, 9.17) is 9.47 Å². The highest BCUT2D eigenvalue weighted by Gasteiger charge is 2.23. The number of anilines is 1. The van der Waals surface area contributed by atoms with Crippen molar-refractivity contribution in [2.45, 2.75) is 44.7 Å². The van der Waals surface area contributed by atoms with Gasteiger partial charge in [0, 0.05) is 33.5 Å². The zero-order valence-corrected chi connectivity index (χ0v) is 21.0. The average molecular weight is 520 g/mol. The Morgan fingerprint density at radius 3 is 2.60 bits per heavy atom. The molecule has 3 amide bonds. The molecule has 1 aliphatic heterocycles. The van der Waals surface area contributed by atoms with Crippen molar-refractivity contribution in [2.24, 2.45) is 0 Å². The fourth-order valence-electron chi connectivity index (χ4n) is 4.11. The number of hydrogen-bond acceptors (Lipinski definition) is 7. The van der Waals surface area contributed by atoms with Crippen LogP contribution in [0.3, 0.4) is 0 Å². The van der Waals surface area contributed by atoms with Crippen LogP contribution in [0.1, 0.15) is 37.0 Å². The Labute approximate surface area is 210 Å². The first-order chi connectivity index (χ1) is 17.0. The van der Waals surface area contributed by atoms with Crippen LogP contribution in [0.4, 0.5) is 5.69 Å². The Morgan fingerprint density at radius 2 is 1.83 bits per heavy atom. The summed E-state index contributed by atoms with van der Waals surface area (Å²) in [5.41, 5.74) is 0.487. The van der Waals surface area contributed by atoms with Gasteiger partial charge in [0.05, 0.1) is 13.1 Å². The molecule has 35 heavy (non-hydrogen) atoms. The van der Waals surface area contributed by atoms with E-state index in [2.05, 4.69) is 10.6 Å². The zero-order chi connectivity index (χ0) is 24.6. The summed E-state index contributed by atoms with van der Waals surface area (Å²) in [6.07, 6.45) is 5.27. The molecule has 1 aromatic heterocycles. The molecule has 1 atom stereocenters. The van der Waals surface area contributed by atoms with E-state index in [0.29, 0.717) is 17.2 Å². The molecular formula is C24H29N3O6S2. The van der Waals surface area contributed by atoms with Gasteiger partial charge in [-0.05, 0) is 36.4 Å². The highest BCUT2D eigenvalue weighted by molar-refractivity contribution is 7.86. The summed E-state index contributed by atoms with van der Waals surface area (Å²) in [6.45, 7) is 0.280. The van der Waals surface area contributed by atoms with Crippen molar-refractivity contribution in [1.82, 2.24) is 10.2 Å². The smallest absolute Gasteiger partial charge is 0.239 e. The zero-order valence-electron chi connectivity index (χ0n) is 19.3. The molecule has 0 saturated heterocycles. The number of fused-ring (bicyclic) bond motifs is 1. The van der Waals surface area contributed by atoms with Crippen LogP contribution in [0, 0.1) is 0 Å². The predicted molar refractivity (Wildman–Crippen MR) is 134 cm³/mol. The van der Waals surface area contributed by atoms with Gasteiger partial charge in [0.25, 0.3) is 0 Å². The standard InChI is InChI=1S/C24H29N3O6S2/c28-22(25-17-5-2-1-3-6-17)13-27(12-19-7-4-10-34-19)24(30)15-35(31)14-23(29)26-18-8-9-20-21(11-18)33-16-32-20/h4,7-11,17H,1-3,5-6,12-16H2,(H,25,28)(H,26,29)/t35-/m1/s1. The lowest BCUT2D eigenvalue weighted by molar-refractivity contribution is -0.134. The molecule has 1 saturated carbocycles. The summed E-state index contributed by atoms with van der Waals surface area (Å²) >= 11 is 1.49. The van der Waals surface area contributed by atoms with E-state index >= 15 is 0 Å².